The third-order valence-electron chi connectivity index (χ3n) is 2.55. The van der Waals surface area contributed by atoms with Crippen molar-refractivity contribution in [3.63, 3.8) is 0 Å². The van der Waals surface area contributed by atoms with Crippen molar-refractivity contribution in [2.75, 3.05) is 0 Å². The van der Waals surface area contributed by atoms with Crippen LogP contribution in [0.25, 0.3) is 0 Å². The number of rotatable bonds is 2. The Morgan fingerprint density at radius 2 is 1.11 bits per heavy atom. The van der Waals surface area contributed by atoms with Gasteiger partial charge in [-0.1, -0.05) is 5.75 Å². The van der Waals surface area contributed by atoms with Crippen LogP contribution < -0.4 is 5.11 Å². The predicted molar refractivity (Wildman–Crippen MR) is 123 cm³/mol. The monoisotopic (exact) mass is 913 g/mol. The van der Waals surface area contributed by atoms with Gasteiger partial charge in [-0.2, -0.15) is 8.42 Å². The first-order chi connectivity index (χ1) is 11.6. The van der Waals surface area contributed by atoms with E-state index in [-0.39, 0.29) is 47.9 Å². The van der Waals surface area contributed by atoms with Crippen LogP contribution in [0.3, 0.4) is 0 Å². The zero-order chi connectivity index (χ0) is 20.4. The summed E-state index contributed by atoms with van der Waals surface area (Å²) in [4.78, 5) is -0.569. The van der Waals surface area contributed by atoms with Gasteiger partial charge < -0.3 is 14.8 Å². The Hall–Kier alpha value is 1.40. The molecular weight excluding hydrogens is 909 g/mol. The van der Waals surface area contributed by atoms with E-state index in [2.05, 4.69) is 0 Å². The molecule has 27 heavy (non-hydrogen) atoms. The summed E-state index contributed by atoms with van der Waals surface area (Å²) in [6.07, 6.45) is 0. The van der Waals surface area contributed by atoms with Crippen LogP contribution in [0.4, 0.5) is 0 Å². The van der Waals surface area contributed by atoms with Gasteiger partial charge in [-0.05, 0) is 115 Å². The first-order valence-corrected chi connectivity index (χ1v) is 13.1. The normalized spacial score (nSPS) is 11.2. The van der Waals surface area contributed by atoms with Gasteiger partial charge in [-0.25, -0.2) is 8.42 Å². The fraction of sp³-hybridized carbons (Fsp3) is 0. The van der Waals surface area contributed by atoms with Gasteiger partial charge in [0.15, 0.2) is 0 Å². The van der Waals surface area contributed by atoms with Crippen molar-refractivity contribution in [3.8, 4) is 11.5 Å². The largest absolute Gasteiger partial charge is 2.00 e. The first-order valence-electron chi connectivity index (χ1n) is 5.92. The minimum atomic E-state index is -4.46. The molecule has 0 saturated carbocycles. The third kappa shape index (κ3) is 8.58. The van der Waals surface area contributed by atoms with E-state index in [0.29, 0.717) is 7.14 Å². The van der Waals surface area contributed by atoms with Crippen molar-refractivity contribution in [1.29, 1.82) is 0 Å². The summed E-state index contributed by atoms with van der Waals surface area (Å²) in [7, 11) is -8.65. The van der Waals surface area contributed by atoms with Crippen molar-refractivity contribution >= 4 is 111 Å². The molecule has 0 spiro atoms. The summed E-state index contributed by atoms with van der Waals surface area (Å²) in [6.45, 7) is 0. The molecule has 2 aromatic rings. The number of phenols is 1. The van der Waals surface area contributed by atoms with Crippen LogP contribution in [-0.4, -0.2) is 31.0 Å². The van der Waals surface area contributed by atoms with Gasteiger partial charge in [0.2, 0.25) is 0 Å². The topological polar surface area (TPSA) is 155 Å². The van der Waals surface area contributed by atoms with Gasteiger partial charge in [0.1, 0.15) is 15.9 Å². The van der Waals surface area contributed by atoms with E-state index in [4.69, 9.17) is 4.55 Å². The molecule has 0 atom stereocenters. The fourth-order valence-corrected chi connectivity index (χ4v) is 6.81. The maximum absolute atomic E-state index is 11.1. The van der Waals surface area contributed by atoms with E-state index in [1.165, 1.54) is 12.1 Å². The molecule has 2 N–H and O–H groups in total. The molecule has 0 aromatic heterocycles. The summed E-state index contributed by atoms with van der Waals surface area (Å²) in [5.41, 5.74) is 0. The van der Waals surface area contributed by atoms with Crippen LogP contribution in [-0.2, 0) is 39.7 Å². The fourth-order valence-electron chi connectivity index (χ4n) is 1.37. The van der Waals surface area contributed by atoms with Gasteiger partial charge in [0, 0.05) is 7.14 Å². The summed E-state index contributed by atoms with van der Waals surface area (Å²) in [5, 5.41) is 20.4. The third-order valence-corrected chi connectivity index (χ3v) is 7.44. The van der Waals surface area contributed by atoms with Crippen LogP contribution in [0.5, 0.6) is 11.5 Å². The molecule has 8 nitrogen and oxygen atoms in total. The van der Waals surface area contributed by atoms with Crippen LogP contribution in [0.1, 0.15) is 0 Å². The smallest absolute Gasteiger partial charge is 0.871 e. The molecule has 0 aliphatic heterocycles. The second-order valence-electron chi connectivity index (χ2n) is 4.38. The summed E-state index contributed by atoms with van der Waals surface area (Å²) in [5.74, 6) is -0.234. The van der Waals surface area contributed by atoms with Gasteiger partial charge in [-0.15, -0.1) is 0 Å². The molecule has 2 rings (SSSR count). The number of halogens is 4. The minimum Gasteiger partial charge on any atom is -0.871 e. The van der Waals surface area contributed by atoms with Crippen molar-refractivity contribution in [2.45, 2.75) is 9.79 Å². The molecule has 0 fully saturated rings. The Bertz CT molecular complexity index is 926. The number of aromatic hydroxyl groups is 1. The SMILES string of the molecule is O=S(=O)(O)c1cc(I)c(O)c(I)c1.O=S(=O)([O-])c1cc(I)c([O-])c(I)c1.[Zn+2]. The van der Waals surface area contributed by atoms with E-state index in [0.717, 1.165) is 12.1 Å². The Morgan fingerprint density at radius 3 is 1.41 bits per heavy atom. The maximum atomic E-state index is 11.1. The van der Waals surface area contributed by atoms with E-state index >= 15 is 0 Å². The molecule has 0 amide bonds. The zero-order valence-electron chi connectivity index (χ0n) is 12.7. The summed E-state index contributed by atoms with van der Waals surface area (Å²) in [6, 6.07) is 4.56. The van der Waals surface area contributed by atoms with E-state index < -0.39 is 20.2 Å². The van der Waals surface area contributed by atoms with Crippen LogP contribution >= 0.6 is 90.4 Å². The molecular formula is C12H6I4O8S2Zn. The molecule has 0 saturated heterocycles. The van der Waals surface area contributed by atoms with Crippen molar-refractivity contribution in [3.05, 3.63) is 38.5 Å². The van der Waals surface area contributed by atoms with Crippen LogP contribution in [0.2, 0.25) is 0 Å². The summed E-state index contributed by atoms with van der Waals surface area (Å²) < 4.78 is 63.1. The molecule has 0 radical (unpaired) electrons. The first kappa shape index (κ1) is 28.4. The second kappa shape index (κ2) is 11.1. The molecule has 0 aliphatic rings. The number of hydrogen-bond acceptors (Lipinski definition) is 7. The zero-order valence-corrected chi connectivity index (χ0v) is 25.9. The minimum absolute atomic E-state index is 0. The molecule has 0 bridgehead atoms. The molecule has 144 valence electrons. The predicted octanol–water partition coefficient (Wildman–Crippen LogP) is 2.72. The maximum Gasteiger partial charge on any atom is 2.00 e. The van der Waals surface area contributed by atoms with Gasteiger partial charge >= 0.3 is 19.5 Å². The number of benzene rings is 2. The Kier molecular flexibility index (Phi) is 11.7. The summed E-state index contributed by atoms with van der Waals surface area (Å²) >= 11 is 6.96. The van der Waals surface area contributed by atoms with E-state index in [1.807, 2.05) is 0 Å². The second-order valence-corrected chi connectivity index (χ2v) is 11.8. The van der Waals surface area contributed by atoms with Crippen molar-refractivity contribution < 1.29 is 55.6 Å². The molecule has 0 aliphatic carbocycles. The van der Waals surface area contributed by atoms with E-state index in [9.17, 15) is 31.6 Å². The van der Waals surface area contributed by atoms with Crippen molar-refractivity contribution in [1.82, 2.24) is 0 Å². The van der Waals surface area contributed by atoms with Crippen molar-refractivity contribution in [2.24, 2.45) is 0 Å². The van der Waals surface area contributed by atoms with Gasteiger partial charge in [0.25, 0.3) is 10.1 Å². The quantitative estimate of drug-likeness (QED) is 0.265. The van der Waals surface area contributed by atoms with Crippen LogP contribution in [0.15, 0.2) is 34.1 Å². The average molecular weight is 915 g/mol. The molecule has 15 heteroatoms. The van der Waals surface area contributed by atoms with Gasteiger partial charge in [0.05, 0.1) is 16.9 Å². The number of phenolic OH excluding ortho intramolecular Hbond substituents is 1. The van der Waals surface area contributed by atoms with Crippen LogP contribution in [0, 0.1) is 14.3 Å². The molecule has 0 unspecified atom stereocenters. The molecule has 2 aromatic carbocycles. The van der Waals surface area contributed by atoms with E-state index in [1.54, 1.807) is 90.4 Å². The Labute approximate surface area is 222 Å². The van der Waals surface area contributed by atoms with Gasteiger partial charge in [-0.3, -0.25) is 4.55 Å². The standard InChI is InChI=1S/2C6H4I2O4S.Zn/c2*7-4-1-3(13(10,11)12)2-5(8)6(4)9;/h2*1-2,9H,(H,10,11,12);/q;;+2/p-2. The molecule has 0 heterocycles. The average Bonchev–Trinajstić information content (AvgIpc) is 2.48. The Morgan fingerprint density at radius 1 is 0.778 bits per heavy atom. The number of hydrogen-bond donors (Lipinski definition) is 2. The Balaban J connectivity index is 0.000000483.